The van der Waals surface area contributed by atoms with E-state index in [1.165, 1.54) is 6.42 Å². The molecule has 0 atom stereocenters. The van der Waals surface area contributed by atoms with E-state index in [1.807, 2.05) is 6.92 Å². The molecule has 0 unspecified atom stereocenters. The van der Waals surface area contributed by atoms with Crippen molar-refractivity contribution in [3.63, 3.8) is 0 Å². The zero-order chi connectivity index (χ0) is 22.7. The van der Waals surface area contributed by atoms with Crippen molar-refractivity contribution in [3.8, 4) is 0 Å². The van der Waals surface area contributed by atoms with E-state index >= 15 is 0 Å². The Morgan fingerprint density at radius 3 is 2.19 bits per heavy atom. The van der Waals surface area contributed by atoms with Gasteiger partial charge in [0, 0.05) is 11.8 Å². The number of nitrogens with one attached hydrogen (secondary N) is 1. The number of sulfone groups is 1. The molecule has 4 rings (SSSR count). The first-order valence-electron chi connectivity index (χ1n) is 11.8. The molecule has 2 aliphatic rings. The summed E-state index contributed by atoms with van der Waals surface area (Å²) in [5, 5.41) is 12.3. The lowest BCUT2D eigenvalue weighted by molar-refractivity contribution is -0.375. The number of aryl methyl sites for hydroxylation is 1. The van der Waals surface area contributed by atoms with Crippen molar-refractivity contribution in [3.05, 3.63) is 63.3 Å². The number of hydrogen-bond acceptors (Lipinski definition) is 4. The van der Waals surface area contributed by atoms with E-state index in [2.05, 4.69) is 4.98 Å². The van der Waals surface area contributed by atoms with Gasteiger partial charge in [0.1, 0.15) is 5.03 Å². The smallest absolute Gasteiger partial charge is 0.274 e. The van der Waals surface area contributed by atoms with Gasteiger partial charge in [-0.1, -0.05) is 56.2 Å². The first kappa shape index (κ1) is 22.8. The number of nitro groups is 1. The third-order valence-electron chi connectivity index (χ3n) is 7.01. The highest BCUT2D eigenvalue weighted by molar-refractivity contribution is 7.91. The van der Waals surface area contributed by atoms with E-state index < -0.39 is 9.84 Å². The Hall–Kier alpha value is -2.41. The lowest BCUT2D eigenvalue weighted by Crippen LogP contribution is -2.14. The van der Waals surface area contributed by atoms with Gasteiger partial charge in [0.25, 0.3) is 5.70 Å². The SMILES string of the molecule is Cc1ccc(S(=O)(=O)c2[nH]cc(/C(=C\C3CCCCC3)[N+](=O)[O-])c2C2CCCCC2)cc1. The molecule has 2 saturated carbocycles. The fourth-order valence-corrected chi connectivity index (χ4v) is 6.77. The van der Waals surface area contributed by atoms with Gasteiger partial charge in [-0.15, -0.1) is 0 Å². The number of aromatic amines is 1. The van der Waals surface area contributed by atoms with Gasteiger partial charge in [0.05, 0.1) is 15.4 Å². The molecular weight excluding hydrogens is 424 g/mol. The standard InChI is InChI=1S/C25H32N2O4S/c1-18-12-14-21(15-13-18)32(30,31)25-24(20-10-6-3-7-11-20)22(17-26-25)23(27(28)29)16-19-8-4-2-5-9-19/h12-17,19-20,26H,2-11H2,1H3/b23-16+. The molecule has 2 aromatic rings. The Balaban J connectivity index is 1.84. The Bertz CT molecular complexity index is 1090. The van der Waals surface area contributed by atoms with E-state index in [4.69, 9.17) is 0 Å². The summed E-state index contributed by atoms with van der Waals surface area (Å²) < 4.78 is 27.2. The lowest BCUT2D eigenvalue weighted by atomic mass is 9.82. The van der Waals surface area contributed by atoms with Crippen LogP contribution in [0, 0.1) is 23.0 Å². The van der Waals surface area contributed by atoms with Crippen molar-refractivity contribution in [2.24, 2.45) is 5.92 Å². The summed E-state index contributed by atoms with van der Waals surface area (Å²) in [5.41, 5.74) is 2.11. The Morgan fingerprint density at radius 2 is 1.59 bits per heavy atom. The zero-order valence-electron chi connectivity index (χ0n) is 18.7. The zero-order valence-corrected chi connectivity index (χ0v) is 19.5. The molecule has 32 heavy (non-hydrogen) atoms. The number of nitrogens with zero attached hydrogens (tertiary/aromatic N) is 1. The van der Waals surface area contributed by atoms with Crippen molar-refractivity contribution in [1.29, 1.82) is 0 Å². The number of rotatable bonds is 6. The predicted octanol–water partition coefficient (Wildman–Crippen LogP) is 6.40. The van der Waals surface area contributed by atoms with E-state index in [0.717, 1.165) is 63.4 Å². The molecule has 0 saturated heterocycles. The van der Waals surface area contributed by atoms with E-state index in [9.17, 15) is 18.5 Å². The third-order valence-corrected chi connectivity index (χ3v) is 8.78. The van der Waals surface area contributed by atoms with Crippen LogP contribution in [-0.2, 0) is 9.84 Å². The van der Waals surface area contributed by atoms with Crippen LogP contribution in [0.3, 0.4) is 0 Å². The predicted molar refractivity (Wildman–Crippen MR) is 125 cm³/mol. The molecule has 6 nitrogen and oxygen atoms in total. The van der Waals surface area contributed by atoms with Gasteiger partial charge >= 0.3 is 0 Å². The van der Waals surface area contributed by atoms with Crippen molar-refractivity contribution >= 4 is 15.5 Å². The minimum absolute atomic E-state index is 0.00919. The first-order valence-corrected chi connectivity index (χ1v) is 13.3. The highest BCUT2D eigenvalue weighted by Gasteiger charge is 2.34. The maximum atomic E-state index is 13.6. The summed E-state index contributed by atoms with van der Waals surface area (Å²) >= 11 is 0. The summed E-state index contributed by atoms with van der Waals surface area (Å²) in [5.74, 6) is 0.186. The molecule has 0 bridgehead atoms. The number of hydrogen-bond donors (Lipinski definition) is 1. The molecule has 7 heteroatoms. The largest absolute Gasteiger partial charge is 0.351 e. The number of benzene rings is 1. The average Bonchev–Trinajstić information content (AvgIpc) is 3.24. The van der Waals surface area contributed by atoms with Gasteiger partial charge in [-0.25, -0.2) is 8.42 Å². The van der Waals surface area contributed by atoms with Crippen molar-refractivity contribution in [1.82, 2.24) is 4.98 Å². The summed E-state index contributed by atoms with van der Waals surface area (Å²) in [7, 11) is -3.81. The fourth-order valence-electron chi connectivity index (χ4n) is 5.25. The lowest BCUT2D eigenvalue weighted by Gasteiger charge is -2.23. The quantitative estimate of drug-likeness (QED) is 0.402. The molecule has 1 N–H and O–H groups in total. The van der Waals surface area contributed by atoms with Gasteiger partial charge in [0.15, 0.2) is 0 Å². The maximum absolute atomic E-state index is 13.6. The molecule has 1 aromatic heterocycles. The van der Waals surface area contributed by atoms with Gasteiger partial charge in [-0.05, 0) is 62.7 Å². The minimum atomic E-state index is -3.81. The number of aromatic nitrogens is 1. The summed E-state index contributed by atoms with van der Waals surface area (Å²) in [4.78, 5) is 15.0. The number of H-pyrrole nitrogens is 1. The Morgan fingerprint density at radius 1 is 1.00 bits per heavy atom. The maximum Gasteiger partial charge on any atom is 0.274 e. The first-order chi connectivity index (χ1) is 15.4. The average molecular weight is 457 g/mol. The molecule has 0 spiro atoms. The van der Waals surface area contributed by atoms with Crippen LogP contribution in [0.5, 0.6) is 0 Å². The molecule has 1 heterocycles. The minimum Gasteiger partial charge on any atom is -0.351 e. The van der Waals surface area contributed by atoms with Crippen LogP contribution < -0.4 is 0 Å². The van der Waals surface area contributed by atoms with Crippen LogP contribution >= 0.6 is 0 Å². The van der Waals surface area contributed by atoms with Crippen LogP contribution in [0.1, 0.15) is 86.8 Å². The van der Waals surface area contributed by atoms with Crippen molar-refractivity contribution in [2.45, 2.75) is 87.0 Å². The molecule has 1 aromatic carbocycles. The highest BCUT2D eigenvalue weighted by atomic mass is 32.2. The molecule has 0 radical (unpaired) electrons. The molecule has 2 fully saturated rings. The number of allylic oxidation sites excluding steroid dienone is 1. The summed E-state index contributed by atoms with van der Waals surface area (Å²) in [6, 6.07) is 6.79. The van der Waals surface area contributed by atoms with Crippen LogP contribution in [0.25, 0.3) is 5.70 Å². The second-order valence-corrected chi connectivity index (χ2v) is 11.2. The van der Waals surface area contributed by atoms with Crippen LogP contribution in [0.4, 0.5) is 0 Å². The van der Waals surface area contributed by atoms with Gasteiger partial charge in [0.2, 0.25) is 9.84 Å². The van der Waals surface area contributed by atoms with Crippen molar-refractivity contribution < 1.29 is 13.3 Å². The van der Waals surface area contributed by atoms with E-state index in [0.29, 0.717) is 11.1 Å². The van der Waals surface area contributed by atoms with E-state index in [1.54, 1.807) is 36.5 Å². The van der Waals surface area contributed by atoms with Gasteiger partial charge < -0.3 is 4.98 Å². The summed E-state index contributed by atoms with van der Waals surface area (Å²) in [6.07, 6.45) is 13.5. The molecule has 172 valence electrons. The monoisotopic (exact) mass is 456 g/mol. The van der Waals surface area contributed by atoms with E-state index in [-0.39, 0.29) is 32.4 Å². The normalized spacial score (nSPS) is 19.2. The van der Waals surface area contributed by atoms with Crippen molar-refractivity contribution in [2.75, 3.05) is 0 Å². The Kier molecular flexibility index (Phi) is 6.84. The molecule has 0 aliphatic heterocycles. The van der Waals surface area contributed by atoms with Gasteiger partial charge in [-0.3, -0.25) is 10.1 Å². The third kappa shape index (κ3) is 4.68. The fraction of sp³-hybridized carbons (Fsp3) is 0.520. The molecule has 2 aliphatic carbocycles. The second kappa shape index (κ2) is 9.61. The van der Waals surface area contributed by atoms with Gasteiger partial charge in [-0.2, -0.15) is 0 Å². The summed E-state index contributed by atoms with van der Waals surface area (Å²) in [6.45, 7) is 1.91. The Labute approximate surface area is 190 Å². The molecule has 0 amide bonds. The highest BCUT2D eigenvalue weighted by Crippen LogP contribution is 2.42. The topological polar surface area (TPSA) is 93.1 Å². The van der Waals surface area contributed by atoms with Crippen LogP contribution in [0.15, 0.2) is 46.5 Å². The van der Waals surface area contributed by atoms with Crippen LogP contribution in [0.2, 0.25) is 0 Å². The molecular formula is C25H32N2O4S. The second-order valence-electron chi connectivity index (χ2n) is 9.30. The van der Waals surface area contributed by atoms with Crippen LogP contribution in [-0.4, -0.2) is 18.3 Å².